The number of nitrogens with zero attached hydrogens (tertiary/aromatic N) is 1. The topological polar surface area (TPSA) is 131 Å². The number of esters is 1. The van der Waals surface area contributed by atoms with Gasteiger partial charge >= 0.3 is 5.97 Å². The van der Waals surface area contributed by atoms with E-state index in [2.05, 4.69) is 15.3 Å². The Morgan fingerprint density at radius 2 is 2.00 bits per heavy atom. The Kier molecular flexibility index (Phi) is 4.84. The number of hydrogen-bond donors (Lipinski definition) is 3. The number of nitrogens with two attached hydrogens (primary N) is 1. The molecule has 0 aliphatic heterocycles. The smallest absolute Gasteiger partial charge is 0.375 e. The maximum absolute atomic E-state index is 11.1. The van der Waals surface area contributed by atoms with Gasteiger partial charge in [-0.25, -0.2) is 4.79 Å². The molecule has 0 saturated carbocycles. The lowest BCUT2D eigenvalue weighted by molar-refractivity contribution is -0.135. The number of amidine groups is 1. The molecule has 0 unspecified atom stereocenters. The largest absolute Gasteiger partial charge is 0.460 e. The van der Waals surface area contributed by atoms with Crippen LogP contribution in [0.3, 0.4) is 0 Å². The van der Waals surface area contributed by atoms with Crippen molar-refractivity contribution in [2.24, 2.45) is 10.8 Å². The van der Waals surface area contributed by atoms with Crippen LogP contribution in [0.4, 0.5) is 5.69 Å². The minimum Gasteiger partial charge on any atom is -0.460 e. The predicted molar refractivity (Wildman–Crippen MR) is 68.1 cm³/mol. The fourth-order valence-corrected chi connectivity index (χ4v) is 1.56. The Labute approximate surface area is 110 Å². The monoisotopic (exact) mass is 287 g/mol. The van der Waals surface area contributed by atoms with Crippen molar-refractivity contribution in [2.45, 2.75) is 11.8 Å². The van der Waals surface area contributed by atoms with E-state index in [-0.39, 0.29) is 17.3 Å². The molecule has 19 heavy (non-hydrogen) atoms. The molecule has 8 nitrogen and oxygen atoms in total. The van der Waals surface area contributed by atoms with Crippen molar-refractivity contribution in [3.8, 4) is 0 Å². The Bertz CT molecular complexity index is 580. The third-order valence-electron chi connectivity index (χ3n) is 1.94. The molecule has 0 radical (unpaired) electrons. The zero-order valence-electron chi connectivity index (χ0n) is 10.0. The molecule has 104 valence electrons. The summed E-state index contributed by atoms with van der Waals surface area (Å²) in [6.45, 7) is 1.81. The third kappa shape index (κ3) is 4.56. The van der Waals surface area contributed by atoms with E-state index >= 15 is 0 Å². The standard InChI is InChI=1S/C10H13N3O5S/c1-2-18-10(14)9(11)13-12-7-3-5-8(6-4-7)19(15,16)17/h3-6,12H,2H2,1H3,(H2,11,13)(H,15,16,17). The molecule has 1 aromatic carbocycles. The molecule has 0 aliphatic carbocycles. The number of benzene rings is 1. The van der Waals surface area contributed by atoms with Crippen LogP contribution < -0.4 is 11.2 Å². The maximum atomic E-state index is 11.1. The highest BCUT2D eigenvalue weighted by Crippen LogP contribution is 2.13. The summed E-state index contributed by atoms with van der Waals surface area (Å²) >= 11 is 0. The van der Waals surface area contributed by atoms with Crippen molar-refractivity contribution in [2.75, 3.05) is 12.0 Å². The lowest BCUT2D eigenvalue weighted by atomic mass is 10.3. The summed E-state index contributed by atoms with van der Waals surface area (Å²) in [7, 11) is -4.23. The SMILES string of the molecule is CCOC(=O)C(N)=NNc1ccc(S(=O)(=O)O)cc1. The molecule has 0 amide bonds. The highest BCUT2D eigenvalue weighted by atomic mass is 32.2. The molecule has 9 heteroatoms. The summed E-state index contributed by atoms with van der Waals surface area (Å²) in [5.74, 6) is -1.12. The first-order valence-corrected chi connectivity index (χ1v) is 6.62. The van der Waals surface area contributed by atoms with Gasteiger partial charge in [0.15, 0.2) is 0 Å². The summed E-state index contributed by atoms with van der Waals surface area (Å²) in [6.07, 6.45) is 0. The second kappa shape index (κ2) is 6.16. The van der Waals surface area contributed by atoms with Crippen molar-refractivity contribution < 1.29 is 22.5 Å². The second-order valence-electron chi connectivity index (χ2n) is 3.33. The van der Waals surface area contributed by atoms with E-state index in [4.69, 9.17) is 10.3 Å². The zero-order chi connectivity index (χ0) is 14.5. The van der Waals surface area contributed by atoms with Crippen LogP contribution >= 0.6 is 0 Å². The van der Waals surface area contributed by atoms with Crippen LogP contribution in [0.2, 0.25) is 0 Å². The van der Waals surface area contributed by atoms with Crippen LogP contribution in [0.1, 0.15) is 6.92 Å². The predicted octanol–water partition coefficient (Wildman–Crippen LogP) is 0.181. The van der Waals surface area contributed by atoms with Crippen LogP contribution in [0.5, 0.6) is 0 Å². The molecule has 0 bridgehead atoms. The highest BCUT2D eigenvalue weighted by Gasteiger charge is 2.09. The van der Waals surface area contributed by atoms with E-state index in [1.54, 1.807) is 6.92 Å². The van der Waals surface area contributed by atoms with Gasteiger partial charge in [0.2, 0.25) is 5.84 Å². The Balaban J connectivity index is 2.74. The van der Waals surface area contributed by atoms with Crippen LogP contribution in [0.25, 0.3) is 0 Å². The van der Waals surface area contributed by atoms with E-state index < -0.39 is 16.1 Å². The molecule has 0 aromatic heterocycles. The average molecular weight is 287 g/mol. The second-order valence-corrected chi connectivity index (χ2v) is 4.75. The molecular formula is C10H13N3O5S. The number of rotatable bonds is 4. The van der Waals surface area contributed by atoms with Crippen LogP contribution in [-0.2, 0) is 19.6 Å². The summed E-state index contributed by atoms with van der Waals surface area (Å²) in [6, 6.07) is 5.05. The van der Waals surface area contributed by atoms with Crippen molar-refractivity contribution in [1.82, 2.24) is 0 Å². The minimum atomic E-state index is -4.23. The summed E-state index contributed by atoms with van der Waals surface area (Å²) in [4.78, 5) is 10.9. The van der Waals surface area contributed by atoms with Gasteiger partial charge in [-0.15, -0.1) is 5.10 Å². The van der Waals surface area contributed by atoms with Crippen molar-refractivity contribution >= 4 is 27.6 Å². The van der Waals surface area contributed by atoms with Gasteiger partial charge in [0.25, 0.3) is 10.1 Å². The third-order valence-corrected chi connectivity index (χ3v) is 2.81. The van der Waals surface area contributed by atoms with Gasteiger partial charge in [0.1, 0.15) is 0 Å². The van der Waals surface area contributed by atoms with E-state index in [0.29, 0.717) is 5.69 Å². The van der Waals surface area contributed by atoms with Gasteiger partial charge in [0.05, 0.1) is 17.2 Å². The van der Waals surface area contributed by atoms with Gasteiger partial charge in [-0.1, -0.05) is 0 Å². The molecule has 4 N–H and O–H groups in total. The Morgan fingerprint density at radius 1 is 1.42 bits per heavy atom. The van der Waals surface area contributed by atoms with Gasteiger partial charge in [0, 0.05) is 0 Å². The Hall–Kier alpha value is -2.13. The summed E-state index contributed by atoms with van der Waals surface area (Å²) in [5.41, 5.74) is 8.16. The molecule has 0 aliphatic rings. The molecule has 0 spiro atoms. The molecule has 0 saturated heterocycles. The van der Waals surface area contributed by atoms with Gasteiger partial charge in [-0.3, -0.25) is 9.98 Å². The van der Waals surface area contributed by atoms with E-state index in [0.717, 1.165) is 0 Å². The number of carbonyl (C=O) groups excluding carboxylic acids is 1. The lowest BCUT2D eigenvalue weighted by Crippen LogP contribution is -2.27. The van der Waals surface area contributed by atoms with Crippen LogP contribution in [-0.4, -0.2) is 31.4 Å². The number of carbonyl (C=O) groups is 1. The quantitative estimate of drug-likeness (QED) is 0.236. The number of nitrogens with one attached hydrogen (secondary N) is 1. The van der Waals surface area contributed by atoms with E-state index in [1.807, 2.05) is 0 Å². The average Bonchev–Trinajstić information content (AvgIpc) is 2.35. The molecule has 1 rings (SSSR count). The normalized spacial score (nSPS) is 12.0. The summed E-state index contributed by atoms with van der Waals surface area (Å²) in [5, 5.41) is 3.56. The van der Waals surface area contributed by atoms with Crippen LogP contribution in [0, 0.1) is 0 Å². The van der Waals surface area contributed by atoms with Crippen molar-refractivity contribution in [3.05, 3.63) is 24.3 Å². The van der Waals surface area contributed by atoms with Gasteiger partial charge < -0.3 is 10.5 Å². The number of ether oxygens (including phenoxy) is 1. The van der Waals surface area contributed by atoms with Gasteiger partial charge in [-0.05, 0) is 31.2 Å². The fraction of sp³-hybridized carbons (Fsp3) is 0.200. The molecule has 0 heterocycles. The summed E-state index contributed by atoms with van der Waals surface area (Å²) < 4.78 is 35.0. The number of hydrogen-bond acceptors (Lipinski definition) is 6. The molecule has 0 atom stereocenters. The van der Waals surface area contributed by atoms with Crippen LogP contribution in [0.15, 0.2) is 34.3 Å². The number of anilines is 1. The minimum absolute atomic E-state index is 0.179. The fourth-order valence-electron chi connectivity index (χ4n) is 1.08. The first-order valence-electron chi connectivity index (χ1n) is 5.18. The van der Waals surface area contributed by atoms with Gasteiger partial charge in [-0.2, -0.15) is 8.42 Å². The van der Waals surface area contributed by atoms with Crippen molar-refractivity contribution in [1.29, 1.82) is 0 Å². The molecule has 1 aromatic rings. The van der Waals surface area contributed by atoms with E-state index in [1.165, 1.54) is 24.3 Å². The molecular weight excluding hydrogens is 274 g/mol. The highest BCUT2D eigenvalue weighted by molar-refractivity contribution is 7.85. The Morgan fingerprint density at radius 3 is 2.47 bits per heavy atom. The maximum Gasteiger partial charge on any atom is 0.375 e. The first-order chi connectivity index (χ1) is 8.84. The molecule has 0 fully saturated rings. The lowest BCUT2D eigenvalue weighted by Gasteiger charge is -2.03. The van der Waals surface area contributed by atoms with E-state index in [9.17, 15) is 13.2 Å². The first kappa shape index (κ1) is 14.9. The zero-order valence-corrected chi connectivity index (χ0v) is 10.8. The number of hydrazone groups is 1. The van der Waals surface area contributed by atoms with Crippen molar-refractivity contribution in [3.63, 3.8) is 0 Å².